The molecule has 1 saturated carbocycles. The molecule has 0 unspecified atom stereocenters. The van der Waals surface area contributed by atoms with Crippen molar-refractivity contribution in [1.29, 1.82) is 0 Å². The van der Waals surface area contributed by atoms with Gasteiger partial charge in [0.1, 0.15) is 5.54 Å². The molecule has 1 aliphatic rings. The topological polar surface area (TPSA) is 199 Å². The maximum atomic E-state index is 14.3. The molecule has 0 spiro atoms. The fraction of sp³-hybridized carbons (Fsp3) is 0.478. The fourth-order valence-corrected chi connectivity index (χ4v) is 6.35. The normalized spacial score (nSPS) is 15.7. The Labute approximate surface area is 226 Å². The van der Waals surface area contributed by atoms with Gasteiger partial charge in [0, 0.05) is 35.3 Å². The highest BCUT2D eigenvalue weighted by Gasteiger charge is 2.54. The number of halogens is 1. The van der Waals surface area contributed by atoms with E-state index in [0.717, 1.165) is 9.42 Å². The third-order valence-corrected chi connectivity index (χ3v) is 8.21. The van der Waals surface area contributed by atoms with Gasteiger partial charge in [-0.05, 0) is 30.9 Å². The summed E-state index contributed by atoms with van der Waals surface area (Å²) in [6, 6.07) is 4.28. The van der Waals surface area contributed by atoms with Crippen LogP contribution >= 0.6 is 11.8 Å². The minimum absolute atomic E-state index is 0.00556. The SMILES string of the molecule is CC(C)COC(=O)N(CCN)N(C1(C(N)=O)CCCC1)S(=O)(=O)c1ccc2c(NC(N)=NCl)cncc2c1. The Kier molecular flexibility index (Phi) is 9.35. The fourth-order valence-electron chi connectivity index (χ4n) is 4.45. The molecule has 0 atom stereocenters. The van der Waals surface area contributed by atoms with Crippen molar-refractivity contribution in [3.63, 3.8) is 0 Å². The van der Waals surface area contributed by atoms with Crippen LogP contribution in [0.3, 0.4) is 0 Å². The molecule has 0 aliphatic heterocycles. The van der Waals surface area contributed by atoms with E-state index in [4.69, 9.17) is 33.7 Å². The predicted molar refractivity (Wildman–Crippen MR) is 144 cm³/mol. The summed E-state index contributed by atoms with van der Waals surface area (Å²) in [4.78, 5) is 30.0. The number of hydrogen-bond donors (Lipinski definition) is 4. The van der Waals surface area contributed by atoms with E-state index in [9.17, 15) is 18.0 Å². The molecule has 2 amide bonds. The lowest BCUT2D eigenvalue weighted by Gasteiger charge is -2.43. The van der Waals surface area contributed by atoms with Gasteiger partial charge in [-0.2, -0.15) is 0 Å². The molecular formula is C23H33ClN8O5S. The van der Waals surface area contributed by atoms with Gasteiger partial charge in [-0.15, -0.1) is 4.51 Å². The van der Waals surface area contributed by atoms with E-state index in [2.05, 4.69) is 14.8 Å². The van der Waals surface area contributed by atoms with E-state index < -0.39 is 27.6 Å². The first-order valence-corrected chi connectivity index (χ1v) is 13.8. The number of aromatic nitrogens is 1. The summed E-state index contributed by atoms with van der Waals surface area (Å²) in [7, 11) is -4.54. The van der Waals surface area contributed by atoms with E-state index in [1.54, 1.807) is 6.07 Å². The maximum absolute atomic E-state index is 14.3. The molecule has 0 saturated heterocycles. The Balaban J connectivity index is 2.18. The van der Waals surface area contributed by atoms with Gasteiger partial charge in [0.15, 0.2) is 0 Å². The van der Waals surface area contributed by atoms with Crippen molar-refractivity contribution >= 4 is 56.2 Å². The van der Waals surface area contributed by atoms with Gasteiger partial charge in [0.2, 0.25) is 11.9 Å². The Morgan fingerprint density at radius 2 is 1.92 bits per heavy atom. The van der Waals surface area contributed by atoms with Gasteiger partial charge < -0.3 is 27.3 Å². The van der Waals surface area contributed by atoms with Gasteiger partial charge in [-0.1, -0.05) is 37.2 Å². The highest BCUT2D eigenvalue weighted by atomic mass is 35.5. The van der Waals surface area contributed by atoms with Crippen LogP contribution in [0.1, 0.15) is 39.5 Å². The average Bonchev–Trinajstić information content (AvgIpc) is 3.37. The van der Waals surface area contributed by atoms with Crippen LogP contribution in [0.5, 0.6) is 0 Å². The molecule has 15 heteroatoms. The van der Waals surface area contributed by atoms with Crippen LogP contribution in [0, 0.1) is 5.92 Å². The number of hydrazine groups is 1. The molecule has 1 heterocycles. The molecule has 208 valence electrons. The van der Waals surface area contributed by atoms with Crippen LogP contribution in [0.15, 0.2) is 40.0 Å². The minimum atomic E-state index is -4.54. The number of nitrogens with zero attached hydrogens (tertiary/aromatic N) is 4. The van der Waals surface area contributed by atoms with Crippen molar-refractivity contribution in [2.24, 2.45) is 27.6 Å². The molecule has 1 fully saturated rings. The van der Waals surface area contributed by atoms with Gasteiger partial charge in [-0.25, -0.2) is 18.2 Å². The summed E-state index contributed by atoms with van der Waals surface area (Å²) < 4.78 is 38.1. The maximum Gasteiger partial charge on any atom is 0.425 e. The summed E-state index contributed by atoms with van der Waals surface area (Å²) in [6.45, 7) is 3.43. The van der Waals surface area contributed by atoms with Crippen molar-refractivity contribution in [1.82, 2.24) is 14.4 Å². The molecular weight excluding hydrogens is 536 g/mol. The van der Waals surface area contributed by atoms with Crippen molar-refractivity contribution in [2.45, 2.75) is 50.0 Å². The van der Waals surface area contributed by atoms with Crippen LogP contribution in [0.25, 0.3) is 10.8 Å². The number of rotatable bonds is 10. The van der Waals surface area contributed by atoms with Crippen molar-refractivity contribution in [2.75, 3.05) is 25.0 Å². The Bertz CT molecular complexity index is 1310. The largest absolute Gasteiger partial charge is 0.448 e. The molecule has 0 bridgehead atoms. The van der Waals surface area contributed by atoms with E-state index in [1.807, 2.05) is 13.8 Å². The molecule has 7 N–H and O–H groups in total. The summed E-state index contributed by atoms with van der Waals surface area (Å²) in [5.41, 5.74) is 16.0. The Morgan fingerprint density at radius 3 is 2.50 bits per heavy atom. The number of primary amides is 1. The lowest BCUT2D eigenvalue weighted by Crippen LogP contribution is -2.66. The number of anilines is 1. The zero-order chi connectivity index (χ0) is 28.1. The van der Waals surface area contributed by atoms with Gasteiger partial charge in [0.25, 0.3) is 10.0 Å². The van der Waals surface area contributed by atoms with E-state index in [-0.39, 0.29) is 49.3 Å². The number of guanidine groups is 1. The molecule has 38 heavy (non-hydrogen) atoms. The van der Waals surface area contributed by atoms with Crippen LogP contribution in [-0.2, 0) is 19.6 Å². The van der Waals surface area contributed by atoms with Crippen LogP contribution in [-0.4, -0.2) is 66.0 Å². The number of ether oxygens (including phenoxy) is 1. The third kappa shape index (κ3) is 5.93. The number of pyridine rings is 1. The first kappa shape index (κ1) is 29.4. The second kappa shape index (κ2) is 12.1. The lowest BCUT2D eigenvalue weighted by molar-refractivity contribution is -0.134. The average molecular weight is 569 g/mol. The minimum Gasteiger partial charge on any atom is -0.448 e. The zero-order valence-electron chi connectivity index (χ0n) is 21.3. The van der Waals surface area contributed by atoms with Crippen molar-refractivity contribution in [3.8, 4) is 0 Å². The highest BCUT2D eigenvalue weighted by Crippen LogP contribution is 2.40. The third-order valence-electron chi connectivity index (χ3n) is 6.18. The number of benzene rings is 1. The molecule has 2 aromatic rings. The first-order chi connectivity index (χ1) is 18.0. The molecule has 1 aliphatic carbocycles. The van der Waals surface area contributed by atoms with Gasteiger partial charge in [-0.3, -0.25) is 9.78 Å². The molecule has 1 aromatic heterocycles. The summed E-state index contributed by atoms with van der Waals surface area (Å²) >= 11 is 5.40. The standard InChI is InChI=1S/C23H33ClN8O5S/c1-15(2)14-37-22(34)31(10-9-25)32(23(20(26)33)7-3-4-8-23)38(35,36)17-5-6-18-16(11-17)12-28-13-19(18)29-21(27)30-24/h5-6,11-13,15H,3-4,7-10,14,25H2,1-2H3,(H2,26,33)(H3,27,29,30). The second-order valence-corrected chi connectivity index (χ2v) is 11.3. The zero-order valence-corrected chi connectivity index (χ0v) is 22.8. The van der Waals surface area contributed by atoms with Crippen LogP contribution in [0.4, 0.5) is 10.5 Å². The molecule has 0 radical (unpaired) electrons. The number of hydrogen-bond acceptors (Lipinski definition) is 8. The Hall–Kier alpha value is -3.20. The number of amides is 2. The quantitative estimate of drug-likeness (QED) is 0.187. The number of nitrogens with two attached hydrogens (primary N) is 3. The van der Waals surface area contributed by atoms with E-state index in [1.165, 1.54) is 24.5 Å². The van der Waals surface area contributed by atoms with Crippen LogP contribution in [0.2, 0.25) is 0 Å². The molecule has 3 rings (SSSR count). The number of fused-ring (bicyclic) bond motifs is 1. The number of sulfonamides is 1. The Morgan fingerprint density at radius 1 is 1.24 bits per heavy atom. The number of carbonyl (C=O) groups excluding carboxylic acids is 2. The number of nitrogens with one attached hydrogen (secondary N) is 1. The van der Waals surface area contributed by atoms with Crippen LogP contribution < -0.4 is 22.5 Å². The first-order valence-electron chi connectivity index (χ1n) is 12.1. The smallest absolute Gasteiger partial charge is 0.425 e. The van der Waals surface area contributed by atoms with Crippen molar-refractivity contribution < 1.29 is 22.7 Å². The lowest BCUT2D eigenvalue weighted by atomic mass is 9.98. The van der Waals surface area contributed by atoms with Crippen molar-refractivity contribution in [3.05, 3.63) is 30.6 Å². The second-order valence-electron chi connectivity index (χ2n) is 9.40. The predicted octanol–water partition coefficient (Wildman–Crippen LogP) is 1.87. The number of carbonyl (C=O) groups is 2. The molecule has 13 nitrogen and oxygen atoms in total. The summed E-state index contributed by atoms with van der Waals surface area (Å²) in [6.07, 6.45) is 3.38. The summed E-state index contributed by atoms with van der Waals surface area (Å²) in [5, 5.41) is 4.68. The highest BCUT2D eigenvalue weighted by molar-refractivity contribution is 7.89. The van der Waals surface area contributed by atoms with E-state index in [0.29, 0.717) is 29.3 Å². The van der Waals surface area contributed by atoms with Gasteiger partial charge in [0.05, 0.1) is 29.9 Å². The molecule has 1 aromatic carbocycles. The van der Waals surface area contributed by atoms with E-state index >= 15 is 0 Å². The van der Waals surface area contributed by atoms with Gasteiger partial charge >= 0.3 is 6.09 Å². The monoisotopic (exact) mass is 568 g/mol. The summed E-state index contributed by atoms with van der Waals surface area (Å²) in [5.74, 6) is -0.943.